The van der Waals surface area contributed by atoms with Crippen LogP contribution in [-0.4, -0.2) is 34.3 Å². The fourth-order valence-electron chi connectivity index (χ4n) is 2.79. The molecule has 4 heterocycles. The monoisotopic (exact) mass is 405 g/mol. The molecule has 29 heavy (non-hydrogen) atoms. The zero-order valence-electron chi connectivity index (χ0n) is 14.7. The van der Waals surface area contributed by atoms with Crippen LogP contribution in [0.2, 0.25) is 0 Å². The highest BCUT2D eigenvalue weighted by Crippen LogP contribution is 2.42. The van der Waals surface area contributed by atoms with Gasteiger partial charge in [0, 0.05) is 24.2 Å². The lowest BCUT2D eigenvalue weighted by Gasteiger charge is -2.06. The first-order chi connectivity index (χ1) is 13.9. The van der Waals surface area contributed by atoms with E-state index < -0.39 is 23.7 Å². The van der Waals surface area contributed by atoms with E-state index in [2.05, 4.69) is 25.1 Å². The van der Waals surface area contributed by atoms with Gasteiger partial charge in [-0.25, -0.2) is 14.5 Å². The third kappa shape index (κ3) is 3.81. The molecule has 9 nitrogen and oxygen atoms in total. The summed E-state index contributed by atoms with van der Waals surface area (Å²) in [5.74, 6) is -0.271. The zero-order chi connectivity index (χ0) is 20.5. The van der Waals surface area contributed by atoms with E-state index in [1.165, 1.54) is 24.7 Å². The fraction of sp³-hybridized carbons (Fsp3) is 0.235. The van der Waals surface area contributed by atoms with E-state index in [0.29, 0.717) is 21.9 Å². The van der Waals surface area contributed by atoms with Crippen LogP contribution in [0.15, 0.2) is 46.5 Å². The van der Waals surface area contributed by atoms with Crippen LogP contribution in [0, 0.1) is 5.95 Å². The Hall–Kier alpha value is -3.70. The van der Waals surface area contributed by atoms with Crippen molar-refractivity contribution >= 4 is 5.65 Å². The molecule has 0 amide bonds. The fourth-order valence-corrected chi connectivity index (χ4v) is 2.79. The highest BCUT2D eigenvalue weighted by Gasteiger charge is 2.28. The minimum atomic E-state index is -2.51. The molecule has 2 N–H and O–H groups in total. The van der Waals surface area contributed by atoms with Crippen molar-refractivity contribution in [2.45, 2.75) is 25.3 Å². The molecule has 0 aromatic carbocycles. The molecule has 5 rings (SSSR count). The van der Waals surface area contributed by atoms with Gasteiger partial charge in [-0.2, -0.15) is 27.9 Å². The highest BCUT2D eigenvalue weighted by atomic mass is 19.3. The van der Waals surface area contributed by atoms with Crippen molar-refractivity contribution in [3.63, 3.8) is 0 Å². The molecule has 0 saturated heterocycles. The van der Waals surface area contributed by atoms with Gasteiger partial charge in [-0.1, -0.05) is 0 Å². The average Bonchev–Trinajstić information content (AvgIpc) is 3.24. The molecule has 1 aliphatic carbocycles. The number of aromatic nitrogens is 7. The van der Waals surface area contributed by atoms with Gasteiger partial charge in [0.25, 0.3) is 5.56 Å². The largest absolute Gasteiger partial charge is 0.333 e. The highest BCUT2D eigenvalue weighted by molar-refractivity contribution is 5.62. The van der Waals surface area contributed by atoms with Crippen molar-refractivity contribution in [1.82, 2.24) is 34.3 Å². The summed E-state index contributed by atoms with van der Waals surface area (Å²) in [6.07, 6.45) is 6.93. The zero-order valence-corrected chi connectivity index (χ0v) is 14.7. The summed E-state index contributed by atoms with van der Waals surface area (Å²) in [4.78, 5) is 31.5. The Balaban J connectivity index is 0.000000216. The Kier molecular flexibility index (Phi) is 4.74. The Labute approximate surface area is 159 Å². The van der Waals surface area contributed by atoms with E-state index >= 15 is 0 Å². The van der Waals surface area contributed by atoms with Crippen molar-refractivity contribution in [2.24, 2.45) is 0 Å². The second-order valence-electron chi connectivity index (χ2n) is 6.32. The van der Waals surface area contributed by atoms with Gasteiger partial charge in [0.1, 0.15) is 0 Å². The molecule has 0 spiro atoms. The number of halogens is 3. The van der Waals surface area contributed by atoms with E-state index in [4.69, 9.17) is 0 Å². The molecule has 0 radical (unpaired) electrons. The van der Waals surface area contributed by atoms with E-state index in [1.54, 1.807) is 6.07 Å². The lowest BCUT2D eigenvalue weighted by Crippen LogP contribution is -2.23. The molecule has 4 aromatic rings. The summed E-state index contributed by atoms with van der Waals surface area (Å²) in [6.45, 7) is -2.51. The van der Waals surface area contributed by atoms with Gasteiger partial charge < -0.3 is 4.98 Å². The molecular weight excluding hydrogens is 391 g/mol. The van der Waals surface area contributed by atoms with Crippen LogP contribution in [0.1, 0.15) is 30.9 Å². The average molecular weight is 405 g/mol. The number of fused-ring (bicyclic) bond motifs is 1. The molecule has 0 unspecified atom stereocenters. The summed E-state index contributed by atoms with van der Waals surface area (Å²) in [5, 5.41) is 7.39. The van der Waals surface area contributed by atoms with Gasteiger partial charge in [-0.3, -0.25) is 9.78 Å². The maximum Gasteiger partial charge on any atom is 0.333 e. The van der Waals surface area contributed by atoms with E-state index in [0.717, 1.165) is 29.1 Å². The third-order valence-corrected chi connectivity index (χ3v) is 4.29. The van der Waals surface area contributed by atoms with Crippen LogP contribution in [0.5, 0.6) is 0 Å². The summed E-state index contributed by atoms with van der Waals surface area (Å²) < 4.78 is 38.4. The second-order valence-corrected chi connectivity index (χ2v) is 6.32. The van der Waals surface area contributed by atoms with Gasteiger partial charge in [0.2, 0.25) is 5.95 Å². The minimum absolute atomic E-state index is 0.187. The number of nitrogens with zero attached hydrogens (tertiary/aromatic N) is 5. The van der Waals surface area contributed by atoms with Crippen molar-refractivity contribution < 1.29 is 13.2 Å². The van der Waals surface area contributed by atoms with Gasteiger partial charge in [-0.15, -0.1) is 0 Å². The van der Waals surface area contributed by atoms with E-state index in [1.807, 2.05) is 0 Å². The predicted molar refractivity (Wildman–Crippen MR) is 95.1 cm³/mol. The minimum Gasteiger partial charge on any atom is -0.313 e. The van der Waals surface area contributed by atoms with Crippen LogP contribution >= 0.6 is 0 Å². The molecule has 0 bridgehead atoms. The molecule has 0 aliphatic heterocycles. The number of hydrogen-bond acceptors (Lipinski definition) is 5. The number of imidazole rings is 1. The van der Waals surface area contributed by atoms with Gasteiger partial charge >= 0.3 is 12.2 Å². The van der Waals surface area contributed by atoms with Gasteiger partial charge in [-0.05, 0) is 30.9 Å². The number of aromatic amines is 2. The maximum atomic E-state index is 13.8. The van der Waals surface area contributed by atoms with Crippen LogP contribution in [0.3, 0.4) is 0 Å². The molecule has 4 aromatic heterocycles. The van der Waals surface area contributed by atoms with Gasteiger partial charge in [0.15, 0.2) is 5.65 Å². The number of nitrogens with one attached hydrogen (secondary N) is 2. The topological polar surface area (TPSA) is 114 Å². The van der Waals surface area contributed by atoms with E-state index in [-0.39, 0.29) is 5.56 Å². The Bertz CT molecular complexity index is 1260. The Morgan fingerprint density at radius 2 is 2.03 bits per heavy atom. The van der Waals surface area contributed by atoms with Gasteiger partial charge in [0.05, 0.1) is 17.5 Å². The first-order valence-electron chi connectivity index (χ1n) is 8.58. The maximum absolute atomic E-state index is 13.8. The molecular formula is C17H14F3N7O2. The Morgan fingerprint density at radius 1 is 1.24 bits per heavy atom. The summed E-state index contributed by atoms with van der Waals surface area (Å²) in [6, 6.07) is 3.19. The SMILES string of the molecule is FC(F)n1cccn1.O=c1[nH]cc(-c2cc(C3CC3)c3ncc(F)n3n2)c(=O)[nH]1. The third-order valence-electron chi connectivity index (χ3n) is 4.29. The second kappa shape index (κ2) is 7.37. The molecule has 0 atom stereocenters. The molecule has 150 valence electrons. The molecule has 12 heteroatoms. The lowest BCUT2D eigenvalue weighted by molar-refractivity contribution is 0.0566. The molecule has 1 fully saturated rings. The van der Waals surface area contributed by atoms with Crippen LogP contribution in [-0.2, 0) is 0 Å². The summed E-state index contributed by atoms with van der Waals surface area (Å²) in [5.41, 5.74) is 0.674. The number of rotatable bonds is 3. The first-order valence-corrected chi connectivity index (χ1v) is 8.58. The van der Waals surface area contributed by atoms with Crippen LogP contribution in [0.4, 0.5) is 13.2 Å². The van der Waals surface area contributed by atoms with Crippen molar-refractivity contribution in [3.05, 3.63) is 69.3 Å². The number of hydrogen-bond donors (Lipinski definition) is 2. The van der Waals surface area contributed by atoms with Crippen LogP contribution in [0.25, 0.3) is 16.9 Å². The summed E-state index contributed by atoms with van der Waals surface area (Å²) in [7, 11) is 0. The first kappa shape index (κ1) is 18.7. The van der Waals surface area contributed by atoms with Crippen molar-refractivity contribution in [3.8, 4) is 11.3 Å². The lowest BCUT2D eigenvalue weighted by atomic mass is 10.1. The number of H-pyrrole nitrogens is 2. The predicted octanol–water partition coefficient (Wildman–Crippen LogP) is 2.07. The summed E-state index contributed by atoms with van der Waals surface area (Å²) >= 11 is 0. The van der Waals surface area contributed by atoms with Crippen LogP contribution < -0.4 is 11.2 Å². The van der Waals surface area contributed by atoms with E-state index in [9.17, 15) is 22.8 Å². The standard InChI is InChI=1S/C13H10FN5O2.C4H4F2N2/c14-10-5-15-11-7(6-1-2-6)3-9(18-19(10)11)8-4-16-13(21)17-12(8)20;5-4(6)8-3-1-2-7-8/h3-6H,1-2H2,(H2,16,17,20,21);1-4H. The van der Waals surface area contributed by atoms with Crippen molar-refractivity contribution in [2.75, 3.05) is 0 Å². The number of alkyl halides is 2. The smallest absolute Gasteiger partial charge is 0.313 e. The normalized spacial score (nSPS) is 13.5. The quantitative estimate of drug-likeness (QED) is 0.542. The molecule has 1 saturated carbocycles. The Morgan fingerprint density at radius 3 is 2.62 bits per heavy atom. The van der Waals surface area contributed by atoms with Crippen molar-refractivity contribution in [1.29, 1.82) is 0 Å². The molecule has 1 aliphatic rings.